The number of benzene rings is 2. The molecule has 40 heavy (non-hydrogen) atoms. The lowest BCUT2D eigenvalue weighted by Gasteiger charge is -2.37. The van der Waals surface area contributed by atoms with E-state index < -0.39 is 11.9 Å². The van der Waals surface area contributed by atoms with E-state index in [4.69, 9.17) is 42.1 Å². The molecular weight excluding hydrogens is 551 g/mol. The first-order valence-corrected chi connectivity index (χ1v) is 14.3. The Balaban J connectivity index is 1.22. The van der Waals surface area contributed by atoms with Gasteiger partial charge in [-0.1, -0.05) is 35.3 Å². The summed E-state index contributed by atoms with van der Waals surface area (Å²) in [5.74, 6) is 1.02. The summed E-state index contributed by atoms with van der Waals surface area (Å²) in [6, 6.07) is 14.4. The number of carbonyl (C=O) groups excluding carboxylic acids is 1. The van der Waals surface area contributed by atoms with Crippen molar-refractivity contribution >= 4 is 29.3 Å². The van der Waals surface area contributed by atoms with Crippen molar-refractivity contribution in [2.45, 2.75) is 38.5 Å². The van der Waals surface area contributed by atoms with Crippen LogP contribution in [-0.2, 0) is 9.47 Å². The first-order chi connectivity index (χ1) is 19.3. The van der Waals surface area contributed by atoms with Crippen LogP contribution >= 0.6 is 23.2 Å². The molecule has 7 nitrogen and oxygen atoms in total. The maximum atomic E-state index is 13.5. The highest BCUT2D eigenvalue weighted by Crippen LogP contribution is 2.47. The van der Waals surface area contributed by atoms with E-state index in [1.54, 1.807) is 29.2 Å². The zero-order valence-electron chi connectivity index (χ0n) is 22.5. The highest BCUT2D eigenvalue weighted by molar-refractivity contribution is 6.30. The molecule has 2 atom stereocenters. The Morgan fingerprint density at radius 3 is 2.45 bits per heavy atom. The van der Waals surface area contributed by atoms with Crippen molar-refractivity contribution in [1.29, 1.82) is 0 Å². The van der Waals surface area contributed by atoms with Gasteiger partial charge in [0, 0.05) is 39.8 Å². The molecule has 1 amide bonds. The summed E-state index contributed by atoms with van der Waals surface area (Å²) in [7, 11) is 0. The van der Waals surface area contributed by atoms with E-state index in [1.807, 2.05) is 50.3 Å². The lowest BCUT2D eigenvalue weighted by molar-refractivity contribution is -0.264. The average molecular weight is 584 g/mol. The molecule has 3 aliphatic heterocycles. The van der Waals surface area contributed by atoms with Crippen LogP contribution in [0.2, 0.25) is 5.02 Å². The first-order valence-electron chi connectivity index (χ1n) is 13.6. The second-order valence-corrected chi connectivity index (χ2v) is 11.9. The molecule has 2 aromatic rings. The molecule has 1 N–H and O–H groups in total. The molecule has 1 fully saturated rings. The van der Waals surface area contributed by atoms with Crippen LogP contribution in [0, 0.1) is 11.8 Å². The van der Waals surface area contributed by atoms with Crippen molar-refractivity contribution in [1.82, 2.24) is 10.2 Å². The van der Waals surface area contributed by atoms with E-state index in [1.165, 1.54) is 5.57 Å². The average Bonchev–Trinajstić information content (AvgIpc) is 3.31. The molecule has 0 radical (unpaired) electrons. The summed E-state index contributed by atoms with van der Waals surface area (Å²) in [6.07, 6.45) is 5.07. The van der Waals surface area contributed by atoms with Crippen LogP contribution in [0.4, 0.5) is 4.79 Å². The lowest BCUT2D eigenvalue weighted by atomic mass is 9.85. The second kappa shape index (κ2) is 11.1. The van der Waals surface area contributed by atoms with Gasteiger partial charge in [-0.3, -0.25) is 4.90 Å². The first kappa shape index (κ1) is 27.2. The Morgan fingerprint density at radius 2 is 1.73 bits per heavy atom. The van der Waals surface area contributed by atoms with Gasteiger partial charge in [-0.05, 0) is 86.4 Å². The normalized spacial score (nSPS) is 23.9. The Morgan fingerprint density at radius 1 is 1.02 bits per heavy atom. The van der Waals surface area contributed by atoms with Crippen molar-refractivity contribution < 1.29 is 23.7 Å². The van der Waals surface area contributed by atoms with Gasteiger partial charge in [0.2, 0.25) is 0 Å². The minimum absolute atomic E-state index is 0.164. The zero-order valence-corrected chi connectivity index (χ0v) is 24.0. The smallest absolute Gasteiger partial charge is 0.416 e. The number of hydrogen-bond acceptors (Lipinski definition) is 6. The Labute approximate surface area is 244 Å². The number of fused-ring (bicyclic) bond motifs is 2. The quantitative estimate of drug-likeness (QED) is 0.411. The van der Waals surface area contributed by atoms with Crippen molar-refractivity contribution in [2.75, 3.05) is 26.4 Å². The molecule has 3 heterocycles. The third kappa shape index (κ3) is 5.75. The number of amides is 1. The molecule has 0 spiro atoms. The van der Waals surface area contributed by atoms with Gasteiger partial charge in [-0.15, -0.1) is 0 Å². The van der Waals surface area contributed by atoms with Crippen LogP contribution in [0.3, 0.4) is 0 Å². The van der Waals surface area contributed by atoms with E-state index in [0.717, 1.165) is 40.6 Å². The van der Waals surface area contributed by atoms with Gasteiger partial charge in [0.15, 0.2) is 5.79 Å². The number of ether oxygens (including phenoxy) is 4. The molecule has 1 aliphatic carbocycles. The largest absolute Gasteiger partial charge is 0.493 e. The van der Waals surface area contributed by atoms with E-state index >= 15 is 0 Å². The van der Waals surface area contributed by atoms with Crippen LogP contribution in [0.1, 0.15) is 38.3 Å². The Hall–Kier alpha value is -2.97. The van der Waals surface area contributed by atoms with Crippen LogP contribution in [0.5, 0.6) is 11.5 Å². The molecule has 0 bridgehead atoms. The summed E-state index contributed by atoms with van der Waals surface area (Å²) >= 11 is 12.4. The van der Waals surface area contributed by atoms with Gasteiger partial charge in [-0.25, -0.2) is 4.79 Å². The third-order valence-electron chi connectivity index (χ3n) is 7.74. The Kier molecular flexibility index (Phi) is 7.57. The van der Waals surface area contributed by atoms with Gasteiger partial charge in [0.25, 0.3) is 0 Å². The van der Waals surface area contributed by atoms with E-state index in [0.29, 0.717) is 37.1 Å². The number of hydrogen-bond donors (Lipinski definition) is 1. The highest BCUT2D eigenvalue weighted by Gasteiger charge is 2.42. The number of nitrogens with zero attached hydrogens (tertiary/aromatic N) is 1. The number of halogens is 2. The monoisotopic (exact) mass is 582 g/mol. The SMILES string of the molecule is CC1(C)OCC(COc2ccc([C@H]3C4=C(CCN3C(=O)Oc3ccc(Cl)cc3)C3CC(Cl)=CC=C3N4)cc2)CO1. The van der Waals surface area contributed by atoms with Crippen molar-refractivity contribution in [3.63, 3.8) is 0 Å². The molecule has 4 aliphatic rings. The number of nitrogens with one attached hydrogen (secondary N) is 1. The molecular formula is C31H32Cl2N2O5. The predicted octanol–water partition coefficient (Wildman–Crippen LogP) is 6.95. The second-order valence-electron chi connectivity index (χ2n) is 11.0. The minimum Gasteiger partial charge on any atom is -0.493 e. The van der Waals surface area contributed by atoms with Crippen LogP contribution in [0.15, 0.2) is 82.7 Å². The summed E-state index contributed by atoms with van der Waals surface area (Å²) in [4.78, 5) is 15.3. The van der Waals surface area contributed by atoms with E-state index in [9.17, 15) is 4.79 Å². The molecule has 0 saturated carbocycles. The van der Waals surface area contributed by atoms with Crippen LogP contribution in [-0.4, -0.2) is 43.1 Å². The third-order valence-corrected chi connectivity index (χ3v) is 8.27. The van der Waals surface area contributed by atoms with E-state index in [2.05, 4.69) is 5.32 Å². The van der Waals surface area contributed by atoms with E-state index in [-0.39, 0.29) is 17.9 Å². The predicted molar refractivity (Wildman–Crippen MR) is 153 cm³/mol. The standard InChI is InChI=1S/C31H32Cl2N2O5/c1-31(2)38-17-19(18-39-31)16-37-23-8-3-20(4-9-23)29-28-25(26-15-22(33)7-12-27(26)34-28)13-14-35(29)30(36)40-24-10-5-21(32)6-11-24/h3-12,19,26,29,34H,13-18H2,1-2H3/t26?,29-/m0/s1. The summed E-state index contributed by atoms with van der Waals surface area (Å²) < 4.78 is 23.3. The van der Waals surface area contributed by atoms with Gasteiger partial charge in [0.1, 0.15) is 17.5 Å². The number of allylic oxidation sites excluding steroid dienone is 4. The molecule has 210 valence electrons. The van der Waals surface area contributed by atoms with Crippen LogP contribution < -0.4 is 14.8 Å². The zero-order chi connectivity index (χ0) is 27.9. The van der Waals surface area contributed by atoms with Crippen molar-refractivity contribution in [3.8, 4) is 11.5 Å². The molecule has 1 saturated heterocycles. The molecule has 2 aromatic carbocycles. The van der Waals surface area contributed by atoms with Gasteiger partial charge in [0.05, 0.1) is 19.8 Å². The molecule has 1 unspecified atom stereocenters. The number of carbonyl (C=O) groups is 1. The topological polar surface area (TPSA) is 69.3 Å². The fraction of sp³-hybridized carbons (Fsp3) is 0.387. The maximum absolute atomic E-state index is 13.5. The lowest BCUT2D eigenvalue weighted by Crippen LogP contribution is -2.42. The fourth-order valence-electron chi connectivity index (χ4n) is 5.60. The molecule has 6 rings (SSSR count). The van der Waals surface area contributed by atoms with Gasteiger partial charge >= 0.3 is 6.09 Å². The molecule has 9 heteroatoms. The van der Waals surface area contributed by atoms with Gasteiger partial charge in [-0.2, -0.15) is 0 Å². The fourth-order valence-corrected chi connectivity index (χ4v) is 5.94. The Bertz CT molecular complexity index is 1360. The minimum atomic E-state index is -0.546. The van der Waals surface area contributed by atoms with Crippen LogP contribution in [0.25, 0.3) is 0 Å². The van der Waals surface area contributed by atoms with Gasteiger partial charge < -0.3 is 24.3 Å². The van der Waals surface area contributed by atoms with Crippen molar-refractivity contribution in [3.05, 3.63) is 93.3 Å². The summed E-state index contributed by atoms with van der Waals surface area (Å²) in [5.41, 5.74) is 4.39. The van der Waals surface area contributed by atoms with Crippen molar-refractivity contribution in [2.24, 2.45) is 11.8 Å². The molecule has 0 aromatic heterocycles. The maximum Gasteiger partial charge on any atom is 0.416 e. The highest BCUT2D eigenvalue weighted by atomic mass is 35.5. The summed E-state index contributed by atoms with van der Waals surface area (Å²) in [6.45, 7) is 6.04. The summed E-state index contributed by atoms with van der Waals surface area (Å²) in [5, 5.41) is 5.04. The number of rotatable bonds is 5.